The number of anilines is 1. The van der Waals surface area contributed by atoms with Gasteiger partial charge in [-0.2, -0.15) is 16.8 Å². The molecule has 0 bridgehead atoms. The fraction of sp³-hybridized carbons (Fsp3) is 0.500. The molecule has 174 valence electrons. The first-order valence-corrected chi connectivity index (χ1v) is 11.8. The third-order valence-electron chi connectivity index (χ3n) is 3.52. The first-order valence-electron chi connectivity index (χ1n) is 8.15. The van der Waals surface area contributed by atoms with Crippen LogP contribution in [0.15, 0.2) is 12.1 Å². The lowest BCUT2D eigenvalue weighted by Crippen LogP contribution is -2.33. The van der Waals surface area contributed by atoms with Crippen LogP contribution in [-0.2, 0) is 33.3 Å². The fourth-order valence-electron chi connectivity index (χ4n) is 2.38. The number of hydrogen-bond acceptors (Lipinski definition) is 13. The molecule has 1 rings (SSSR count). The summed E-state index contributed by atoms with van der Waals surface area (Å²) in [7, 11) is -6.83. The standard InChI is InChI=1S/C14H19N3O12S2/c1-27-14(18)10-8-11(16(19)20)13(12(9-10)17(21)22)15(4-6-28-30(2,23)24)5-7-29-31(3,25)26/h8-9H,4-7H2,1-3H3. The molecular formula is C14H19N3O12S2. The number of hydrogen-bond donors (Lipinski definition) is 0. The Balaban J connectivity index is 3.54. The van der Waals surface area contributed by atoms with Gasteiger partial charge in [-0.05, 0) is 0 Å². The van der Waals surface area contributed by atoms with Crippen LogP contribution >= 0.6 is 0 Å². The minimum absolute atomic E-state index is 0.431. The highest BCUT2D eigenvalue weighted by Crippen LogP contribution is 2.39. The molecule has 0 aromatic heterocycles. The summed E-state index contributed by atoms with van der Waals surface area (Å²) in [5.41, 5.74) is -2.80. The van der Waals surface area contributed by atoms with Gasteiger partial charge in [0.25, 0.3) is 20.2 Å². The summed E-state index contributed by atoms with van der Waals surface area (Å²) in [6, 6.07) is 1.49. The summed E-state index contributed by atoms with van der Waals surface area (Å²) >= 11 is 0. The quantitative estimate of drug-likeness (QED) is 0.166. The molecule has 15 nitrogen and oxygen atoms in total. The van der Waals surface area contributed by atoms with Gasteiger partial charge in [0, 0.05) is 25.2 Å². The van der Waals surface area contributed by atoms with Gasteiger partial charge in [0.2, 0.25) is 0 Å². The Morgan fingerprint density at radius 1 is 0.935 bits per heavy atom. The lowest BCUT2D eigenvalue weighted by Gasteiger charge is -2.24. The van der Waals surface area contributed by atoms with E-state index in [0.717, 1.165) is 36.7 Å². The minimum atomic E-state index is -3.90. The molecule has 0 heterocycles. The SMILES string of the molecule is COC(=O)c1cc([N+](=O)[O-])c(N(CCOS(C)(=O)=O)CCOS(C)(=O)=O)c([N+](=O)[O-])c1. The predicted octanol–water partition coefficient (Wildman–Crippen LogP) is 0.0484. The van der Waals surface area contributed by atoms with Gasteiger partial charge in [0.15, 0.2) is 5.69 Å². The van der Waals surface area contributed by atoms with E-state index < -0.39 is 85.0 Å². The largest absolute Gasteiger partial charge is 0.465 e. The number of nitrogens with zero attached hydrogens (tertiary/aromatic N) is 3. The number of carbonyl (C=O) groups is 1. The molecular weight excluding hydrogens is 466 g/mol. The maximum absolute atomic E-state index is 11.8. The van der Waals surface area contributed by atoms with Gasteiger partial charge >= 0.3 is 17.3 Å². The van der Waals surface area contributed by atoms with Crippen LogP contribution in [0.4, 0.5) is 17.1 Å². The first-order chi connectivity index (χ1) is 14.2. The van der Waals surface area contributed by atoms with Crippen molar-refractivity contribution in [1.29, 1.82) is 0 Å². The maximum Gasteiger partial charge on any atom is 0.338 e. The number of benzene rings is 1. The highest BCUT2D eigenvalue weighted by molar-refractivity contribution is 7.86. The molecule has 0 saturated carbocycles. The summed E-state index contributed by atoms with van der Waals surface area (Å²) in [4.78, 5) is 33.9. The van der Waals surface area contributed by atoms with E-state index in [-0.39, 0.29) is 0 Å². The van der Waals surface area contributed by atoms with Crippen molar-refractivity contribution in [1.82, 2.24) is 0 Å². The number of ether oxygens (including phenoxy) is 1. The smallest absolute Gasteiger partial charge is 0.338 e. The zero-order valence-corrected chi connectivity index (χ0v) is 18.2. The van der Waals surface area contributed by atoms with E-state index in [1.807, 2.05) is 0 Å². The van der Waals surface area contributed by atoms with Crippen molar-refractivity contribution in [3.63, 3.8) is 0 Å². The van der Waals surface area contributed by atoms with Crippen LogP contribution in [0.3, 0.4) is 0 Å². The van der Waals surface area contributed by atoms with Crippen LogP contribution in [0.5, 0.6) is 0 Å². The predicted molar refractivity (Wildman–Crippen MR) is 105 cm³/mol. The van der Waals surface area contributed by atoms with Crippen LogP contribution in [-0.4, -0.2) is 78.6 Å². The highest BCUT2D eigenvalue weighted by atomic mass is 32.2. The van der Waals surface area contributed by atoms with E-state index in [2.05, 4.69) is 13.1 Å². The van der Waals surface area contributed by atoms with Gasteiger partial charge in [-0.1, -0.05) is 0 Å². The molecule has 0 N–H and O–H groups in total. The lowest BCUT2D eigenvalue weighted by molar-refractivity contribution is -0.392. The summed E-state index contributed by atoms with van der Waals surface area (Å²) in [6.45, 7) is -1.99. The Kier molecular flexibility index (Phi) is 8.79. The van der Waals surface area contributed by atoms with Gasteiger partial charge in [-0.3, -0.25) is 28.6 Å². The topological polar surface area (TPSA) is 203 Å². The average molecular weight is 485 g/mol. The Bertz CT molecular complexity index is 995. The molecule has 17 heteroatoms. The van der Waals surface area contributed by atoms with Crippen molar-refractivity contribution < 1.29 is 44.6 Å². The van der Waals surface area contributed by atoms with Crippen LogP contribution < -0.4 is 4.90 Å². The van der Waals surface area contributed by atoms with Crippen LogP contribution in [0.25, 0.3) is 0 Å². The monoisotopic (exact) mass is 485 g/mol. The number of rotatable bonds is 12. The second-order valence-corrected chi connectivity index (χ2v) is 9.20. The molecule has 0 radical (unpaired) electrons. The molecule has 1 aromatic carbocycles. The third-order valence-corrected chi connectivity index (χ3v) is 4.71. The summed E-state index contributed by atoms with van der Waals surface area (Å²) in [5.74, 6) is -1.06. The van der Waals surface area contributed by atoms with Gasteiger partial charge < -0.3 is 9.64 Å². The number of esters is 1. The van der Waals surface area contributed by atoms with E-state index in [4.69, 9.17) is 0 Å². The highest BCUT2D eigenvalue weighted by Gasteiger charge is 2.33. The summed E-state index contributed by atoms with van der Waals surface area (Å²) in [5, 5.41) is 23.2. The van der Waals surface area contributed by atoms with Gasteiger partial charge in [-0.15, -0.1) is 0 Å². The molecule has 31 heavy (non-hydrogen) atoms. The second-order valence-electron chi connectivity index (χ2n) is 5.91. The van der Waals surface area contributed by atoms with Crippen molar-refractivity contribution >= 4 is 43.3 Å². The molecule has 0 aliphatic rings. The summed E-state index contributed by atoms with van der Waals surface area (Å²) in [6.07, 6.45) is 1.50. The molecule has 0 saturated heterocycles. The van der Waals surface area contributed by atoms with Gasteiger partial charge in [0.05, 0.1) is 48.2 Å². The molecule has 0 amide bonds. The Morgan fingerprint density at radius 3 is 1.61 bits per heavy atom. The Morgan fingerprint density at radius 2 is 1.32 bits per heavy atom. The Labute approximate surface area is 177 Å². The first kappa shape index (κ1) is 26.1. The van der Waals surface area contributed by atoms with Crippen molar-refractivity contribution in [3.8, 4) is 0 Å². The normalized spacial score (nSPS) is 11.7. The molecule has 0 aliphatic heterocycles. The van der Waals surface area contributed by atoms with Crippen LogP contribution in [0.2, 0.25) is 0 Å². The van der Waals surface area contributed by atoms with Crippen molar-refractivity contribution in [2.75, 3.05) is 50.8 Å². The van der Waals surface area contributed by atoms with Gasteiger partial charge in [0.1, 0.15) is 0 Å². The molecule has 0 atom stereocenters. The molecule has 0 aliphatic carbocycles. The zero-order chi connectivity index (χ0) is 24.0. The van der Waals surface area contributed by atoms with E-state index in [9.17, 15) is 41.9 Å². The fourth-order valence-corrected chi connectivity index (χ4v) is 3.13. The van der Waals surface area contributed by atoms with E-state index in [1.54, 1.807) is 0 Å². The molecule has 1 aromatic rings. The molecule has 0 spiro atoms. The van der Waals surface area contributed by atoms with Crippen molar-refractivity contribution in [2.45, 2.75) is 0 Å². The number of nitro benzene ring substituents is 2. The summed E-state index contributed by atoms with van der Waals surface area (Å²) < 4.78 is 58.3. The minimum Gasteiger partial charge on any atom is -0.465 e. The Hall–Kier alpha value is -2.89. The van der Waals surface area contributed by atoms with Crippen LogP contribution in [0.1, 0.15) is 10.4 Å². The van der Waals surface area contributed by atoms with E-state index in [1.165, 1.54) is 0 Å². The number of carbonyl (C=O) groups excluding carboxylic acids is 1. The molecule has 0 unspecified atom stereocenters. The number of methoxy groups -OCH3 is 1. The molecule has 0 fully saturated rings. The second kappa shape index (κ2) is 10.4. The maximum atomic E-state index is 11.8. The van der Waals surface area contributed by atoms with E-state index in [0.29, 0.717) is 0 Å². The zero-order valence-electron chi connectivity index (χ0n) is 16.5. The lowest BCUT2D eigenvalue weighted by atomic mass is 10.1. The van der Waals surface area contributed by atoms with Crippen LogP contribution in [0, 0.1) is 20.2 Å². The van der Waals surface area contributed by atoms with Gasteiger partial charge in [-0.25, -0.2) is 4.79 Å². The third kappa shape index (κ3) is 8.40. The number of nitro groups is 2. The van der Waals surface area contributed by atoms with Crippen molar-refractivity contribution in [3.05, 3.63) is 37.9 Å². The van der Waals surface area contributed by atoms with Crippen molar-refractivity contribution in [2.24, 2.45) is 0 Å². The average Bonchev–Trinajstić information content (AvgIpc) is 2.63. The van der Waals surface area contributed by atoms with E-state index >= 15 is 0 Å².